The zero-order chi connectivity index (χ0) is 56.7. The van der Waals surface area contributed by atoms with Crippen LogP contribution in [0.3, 0.4) is 0 Å². The predicted octanol–water partition coefficient (Wildman–Crippen LogP) is 22.9. The molecule has 0 N–H and O–H groups in total. The second-order valence-corrected chi connectivity index (χ2v) is 22.8. The van der Waals surface area contributed by atoms with E-state index in [1.54, 1.807) is 0 Å². The van der Waals surface area contributed by atoms with Crippen LogP contribution in [0.5, 0.6) is 0 Å². The summed E-state index contributed by atoms with van der Waals surface area (Å²) in [7, 11) is 0. The van der Waals surface area contributed by atoms with Crippen LogP contribution in [0.4, 0.5) is 0 Å². The van der Waals surface area contributed by atoms with Crippen molar-refractivity contribution in [3.63, 3.8) is 0 Å². The van der Waals surface area contributed by atoms with Gasteiger partial charge in [-0.3, -0.25) is 0 Å². The Morgan fingerprint density at radius 3 is 1.14 bits per heavy atom. The second kappa shape index (κ2) is 20.2. The number of nitrogens with zero attached hydrogens (tertiary/aromatic N) is 2. The van der Waals surface area contributed by atoms with Crippen LogP contribution in [0.2, 0.25) is 0 Å². The van der Waals surface area contributed by atoms with E-state index in [-0.39, 0.29) is 0 Å². The highest BCUT2D eigenvalue weighted by Gasteiger charge is 2.26. The quantitative estimate of drug-likeness (QED) is 0.136. The van der Waals surface area contributed by atoms with Crippen molar-refractivity contribution in [3.05, 3.63) is 328 Å². The van der Waals surface area contributed by atoms with Gasteiger partial charge in [-0.1, -0.05) is 255 Å². The summed E-state index contributed by atoms with van der Waals surface area (Å²) in [5.41, 5.74) is 31.2. The van der Waals surface area contributed by atoms with Crippen LogP contribution in [0.15, 0.2) is 328 Å². The summed E-state index contributed by atoms with van der Waals surface area (Å²) < 4.78 is 4.95. The Labute approximate surface area is 500 Å². The minimum Gasteiger partial charge on any atom is -0.309 e. The molecule has 400 valence electrons. The van der Waals surface area contributed by atoms with Crippen molar-refractivity contribution < 1.29 is 0 Å². The van der Waals surface area contributed by atoms with Crippen LogP contribution in [-0.2, 0) is 0 Å². The maximum atomic E-state index is 2.52. The molecule has 0 radical (unpaired) electrons. The Bertz CT molecular complexity index is 5300. The van der Waals surface area contributed by atoms with Gasteiger partial charge in [-0.15, -0.1) is 0 Å². The van der Waals surface area contributed by atoms with Crippen molar-refractivity contribution >= 4 is 43.6 Å². The molecule has 1 aliphatic heterocycles. The third-order valence-electron chi connectivity index (χ3n) is 17.9. The van der Waals surface area contributed by atoms with Crippen molar-refractivity contribution in [2.75, 3.05) is 0 Å². The van der Waals surface area contributed by atoms with E-state index < -0.39 is 0 Å². The molecular weight excluding hydrogens is 1040 g/mol. The molecule has 16 aromatic rings. The molecule has 86 heavy (non-hydrogen) atoms. The predicted molar refractivity (Wildman–Crippen MR) is 363 cm³/mol. The first kappa shape index (κ1) is 49.3. The molecule has 0 bridgehead atoms. The molecule has 2 aromatic heterocycles. The van der Waals surface area contributed by atoms with Crippen LogP contribution < -0.4 is 0 Å². The van der Waals surface area contributed by atoms with Gasteiger partial charge >= 0.3 is 0 Å². The molecule has 1 aliphatic rings. The molecular formula is C84H54N2. The van der Waals surface area contributed by atoms with Crippen molar-refractivity contribution in [1.29, 1.82) is 0 Å². The molecule has 2 heteroatoms. The summed E-state index contributed by atoms with van der Waals surface area (Å²) in [5.74, 6) is 0. The summed E-state index contributed by atoms with van der Waals surface area (Å²) >= 11 is 0. The van der Waals surface area contributed by atoms with E-state index in [9.17, 15) is 0 Å². The summed E-state index contributed by atoms with van der Waals surface area (Å²) in [5, 5.41) is 4.96. The fourth-order valence-corrected chi connectivity index (χ4v) is 13.6. The van der Waals surface area contributed by atoms with E-state index in [0.717, 1.165) is 5.69 Å². The number of para-hydroxylation sites is 3. The molecule has 0 fully saturated rings. The smallest absolute Gasteiger partial charge is 0.0620 e. The first-order valence-electron chi connectivity index (χ1n) is 29.7. The molecule has 0 saturated carbocycles. The average Bonchev–Trinajstić information content (AvgIpc) is 1.75. The SMILES string of the molecule is c1ccc(-c2ccc(-c3ccc(-c4cccc(-c5cccc(-c6ccc(-c7ccc8c(c7)-c7cc(-c9ccc%10c(c9)c9ccccc9n%10-c9cccc(-c%10ccccc%10)c9)cc9c%10ccccc%10n(c79)-c7ccccc7-8)cc6)c5)c4)cc3)cc2)cc1. The largest absolute Gasteiger partial charge is 0.309 e. The van der Waals surface area contributed by atoms with Crippen molar-refractivity contribution in [1.82, 2.24) is 9.13 Å². The summed E-state index contributed by atoms with van der Waals surface area (Å²) in [4.78, 5) is 0. The zero-order valence-corrected chi connectivity index (χ0v) is 47.1. The molecule has 0 aliphatic carbocycles. The Morgan fingerprint density at radius 2 is 0.535 bits per heavy atom. The highest BCUT2D eigenvalue weighted by Crippen LogP contribution is 2.50. The summed E-state index contributed by atoms with van der Waals surface area (Å²) in [6.45, 7) is 0. The van der Waals surface area contributed by atoms with Crippen molar-refractivity contribution in [3.8, 4) is 123 Å². The van der Waals surface area contributed by atoms with Gasteiger partial charge in [0.25, 0.3) is 0 Å². The number of hydrogen-bond donors (Lipinski definition) is 0. The minimum absolute atomic E-state index is 1.15. The molecule has 14 aromatic carbocycles. The van der Waals surface area contributed by atoms with Crippen LogP contribution >= 0.6 is 0 Å². The highest BCUT2D eigenvalue weighted by molar-refractivity contribution is 6.18. The Hall–Kier alpha value is -11.3. The van der Waals surface area contributed by atoms with E-state index >= 15 is 0 Å². The molecule has 0 saturated heterocycles. The normalized spacial score (nSPS) is 11.7. The average molecular weight is 1090 g/mol. The second-order valence-electron chi connectivity index (χ2n) is 22.8. The van der Waals surface area contributed by atoms with Crippen molar-refractivity contribution in [2.24, 2.45) is 0 Å². The number of hydrogen-bond acceptors (Lipinski definition) is 0. The summed E-state index contributed by atoms with van der Waals surface area (Å²) in [6.07, 6.45) is 0. The molecule has 2 nitrogen and oxygen atoms in total. The molecule has 3 heterocycles. The molecule has 0 atom stereocenters. The van der Waals surface area contributed by atoms with Crippen LogP contribution in [0.25, 0.3) is 166 Å². The fourth-order valence-electron chi connectivity index (χ4n) is 13.6. The number of aromatic nitrogens is 2. The molecule has 0 amide bonds. The Morgan fingerprint density at radius 1 is 0.163 bits per heavy atom. The summed E-state index contributed by atoms with van der Waals surface area (Å²) in [6, 6.07) is 121. The molecule has 0 spiro atoms. The minimum atomic E-state index is 1.15. The number of fused-ring (bicyclic) bond motifs is 11. The maximum absolute atomic E-state index is 2.52. The van der Waals surface area contributed by atoms with E-state index in [1.807, 2.05) is 0 Å². The molecule has 17 rings (SSSR count). The van der Waals surface area contributed by atoms with E-state index in [1.165, 1.54) is 161 Å². The van der Waals surface area contributed by atoms with Gasteiger partial charge in [0.1, 0.15) is 0 Å². The third kappa shape index (κ3) is 8.33. The lowest BCUT2D eigenvalue weighted by molar-refractivity contribution is 1.18. The topological polar surface area (TPSA) is 9.86 Å². The van der Waals surface area contributed by atoms with Crippen molar-refractivity contribution in [2.45, 2.75) is 0 Å². The highest BCUT2D eigenvalue weighted by atomic mass is 15.0. The lowest BCUT2D eigenvalue weighted by Crippen LogP contribution is -1.95. The van der Waals surface area contributed by atoms with Crippen LogP contribution in [0.1, 0.15) is 0 Å². The van der Waals surface area contributed by atoms with E-state index in [4.69, 9.17) is 0 Å². The van der Waals surface area contributed by atoms with E-state index in [0.29, 0.717) is 0 Å². The van der Waals surface area contributed by atoms with Gasteiger partial charge in [0.15, 0.2) is 0 Å². The Balaban J connectivity index is 0.719. The zero-order valence-electron chi connectivity index (χ0n) is 47.1. The monoisotopic (exact) mass is 1090 g/mol. The number of benzene rings is 14. The lowest BCUT2D eigenvalue weighted by Gasteiger charge is -2.15. The van der Waals surface area contributed by atoms with Gasteiger partial charge in [0.2, 0.25) is 0 Å². The Kier molecular flexibility index (Phi) is 11.6. The maximum Gasteiger partial charge on any atom is 0.0620 e. The standard InChI is InChI=1S/C84H54N2/c1-3-16-55(17-4-1)57-32-34-58(35-33-57)59-36-38-60(39-37-59)63-20-13-22-65(48-63)66-23-14-21-64(49-66)61-40-42-62(43-41-61)68-44-46-72-73-26-7-11-30-81(73)86-82-31-12-9-28-75(82)78-53-70(54-79(84(78)86)76(72)51-68)69-45-47-83-77(52-69)74-27-8-10-29-80(74)85(83)71-25-15-24-67(50-71)56-18-5-2-6-19-56/h1-54H. The van der Waals surface area contributed by atoms with E-state index in [2.05, 4.69) is 337 Å². The van der Waals surface area contributed by atoms with Gasteiger partial charge in [-0.2, -0.15) is 0 Å². The third-order valence-corrected chi connectivity index (χ3v) is 17.9. The van der Waals surface area contributed by atoms with Gasteiger partial charge < -0.3 is 9.13 Å². The van der Waals surface area contributed by atoms with Crippen LogP contribution in [0, 0.1) is 0 Å². The first-order chi connectivity index (χ1) is 42.6. The van der Waals surface area contributed by atoms with Crippen LogP contribution in [-0.4, -0.2) is 9.13 Å². The number of rotatable bonds is 9. The van der Waals surface area contributed by atoms with Gasteiger partial charge in [-0.05, 0) is 173 Å². The molecule has 0 unspecified atom stereocenters. The van der Waals surface area contributed by atoms with Gasteiger partial charge in [-0.25, -0.2) is 0 Å². The van der Waals surface area contributed by atoms with Gasteiger partial charge in [0.05, 0.1) is 27.8 Å². The fraction of sp³-hybridized carbons (Fsp3) is 0. The lowest BCUT2D eigenvalue weighted by atomic mass is 9.88. The van der Waals surface area contributed by atoms with Gasteiger partial charge in [0, 0.05) is 38.4 Å². The first-order valence-corrected chi connectivity index (χ1v) is 29.7.